The molecule has 1 atom stereocenters. The molecule has 1 saturated heterocycles. The number of nitrogens with zero attached hydrogens (tertiary/aromatic N) is 2. The summed E-state index contributed by atoms with van der Waals surface area (Å²) in [5, 5.41) is 5.67. The predicted octanol–water partition coefficient (Wildman–Crippen LogP) is 4.54. The van der Waals surface area contributed by atoms with Crippen molar-refractivity contribution in [3.63, 3.8) is 0 Å². The first kappa shape index (κ1) is 24.9. The summed E-state index contributed by atoms with van der Waals surface area (Å²) in [6.07, 6.45) is -0.823. The van der Waals surface area contributed by atoms with E-state index in [0.29, 0.717) is 52.9 Å². The molecule has 2 aromatic carbocycles. The molecule has 1 aliphatic heterocycles. The standard InChI is InChI=1S/C22H21Cl2N3O5S2/c1-14(32-20-7-4-16(23)12-18(20)24)21(28)26-22-25-19(13-33-22)15-2-5-17(6-3-15)34(29,30)27-8-10-31-11-9-27/h2-7,12-14H,8-11H2,1H3,(H,25,26,28). The highest BCUT2D eigenvalue weighted by atomic mass is 35.5. The number of hydrogen-bond donors (Lipinski definition) is 1. The van der Waals surface area contributed by atoms with E-state index in [1.54, 1.807) is 48.7 Å². The number of anilines is 1. The average molecular weight is 542 g/mol. The van der Waals surface area contributed by atoms with Gasteiger partial charge in [-0.05, 0) is 37.3 Å². The van der Waals surface area contributed by atoms with Gasteiger partial charge in [-0.3, -0.25) is 10.1 Å². The van der Waals surface area contributed by atoms with Crippen LogP contribution >= 0.6 is 34.5 Å². The number of amides is 1. The van der Waals surface area contributed by atoms with Crippen molar-refractivity contribution in [1.82, 2.24) is 9.29 Å². The first-order valence-electron chi connectivity index (χ1n) is 10.3. The van der Waals surface area contributed by atoms with Crippen LogP contribution in [0.2, 0.25) is 10.0 Å². The molecule has 180 valence electrons. The third-order valence-corrected chi connectivity index (χ3v) is 8.26. The van der Waals surface area contributed by atoms with E-state index in [0.717, 1.165) is 5.56 Å². The first-order valence-corrected chi connectivity index (χ1v) is 13.4. The van der Waals surface area contributed by atoms with E-state index < -0.39 is 16.1 Å². The minimum atomic E-state index is -3.56. The molecule has 1 fully saturated rings. The molecular weight excluding hydrogens is 521 g/mol. The Morgan fingerprint density at radius 1 is 1.18 bits per heavy atom. The maximum absolute atomic E-state index is 12.8. The molecule has 1 aliphatic rings. The molecule has 34 heavy (non-hydrogen) atoms. The monoisotopic (exact) mass is 541 g/mol. The average Bonchev–Trinajstić information content (AvgIpc) is 3.30. The van der Waals surface area contributed by atoms with E-state index in [4.69, 9.17) is 32.7 Å². The number of benzene rings is 2. The maximum atomic E-state index is 12.8. The van der Waals surface area contributed by atoms with Crippen LogP contribution in [-0.2, 0) is 19.6 Å². The number of carbonyl (C=O) groups excluding carboxylic acids is 1. The topological polar surface area (TPSA) is 97.8 Å². The molecule has 0 bridgehead atoms. The second-order valence-electron chi connectivity index (χ2n) is 7.40. The number of rotatable bonds is 7. The van der Waals surface area contributed by atoms with Crippen LogP contribution < -0.4 is 10.1 Å². The van der Waals surface area contributed by atoms with Crippen molar-refractivity contribution in [2.75, 3.05) is 31.6 Å². The number of aromatic nitrogens is 1. The number of thiazole rings is 1. The van der Waals surface area contributed by atoms with Crippen molar-refractivity contribution in [1.29, 1.82) is 0 Å². The Balaban J connectivity index is 1.40. The molecule has 2 heterocycles. The van der Waals surface area contributed by atoms with Crippen LogP contribution in [0.1, 0.15) is 6.92 Å². The Kier molecular flexibility index (Phi) is 7.76. The van der Waals surface area contributed by atoms with Gasteiger partial charge in [0.25, 0.3) is 5.91 Å². The van der Waals surface area contributed by atoms with Crippen LogP contribution in [0.15, 0.2) is 52.7 Å². The number of hydrogen-bond acceptors (Lipinski definition) is 7. The number of morpholine rings is 1. The lowest BCUT2D eigenvalue weighted by Gasteiger charge is -2.26. The lowest BCUT2D eigenvalue weighted by molar-refractivity contribution is -0.122. The zero-order valence-electron chi connectivity index (χ0n) is 18.0. The second-order valence-corrected chi connectivity index (χ2v) is 11.0. The van der Waals surface area contributed by atoms with Crippen molar-refractivity contribution < 1.29 is 22.7 Å². The van der Waals surface area contributed by atoms with Crippen molar-refractivity contribution in [3.8, 4) is 17.0 Å². The van der Waals surface area contributed by atoms with E-state index in [9.17, 15) is 13.2 Å². The van der Waals surface area contributed by atoms with Gasteiger partial charge in [0.15, 0.2) is 11.2 Å². The highest BCUT2D eigenvalue weighted by Crippen LogP contribution is 2.29. The van der Waals surface area contributed by atoms with Gasteiger partial charge >= 0.3 is 0 Å². The van der Waals surface area contributed by atoms with Gasteiger partial charge in [-0.25, -0.2) is 13.4 Å². The minimum absolute atomic E-state index is 0.216. The van der Waals surface area contributed by atoms with Crippen LogP contribution in [0.5, 0.6) is 5.75 Å². The fourth-order valence-corrected chi connectivity index (χ4v) is 5.80. The SMILES string of the molecule is CC(Oc1ccc(Cl)cc1Cl)C(=O)Nc1nc(-c2ccc(S(=O)(=O)N3CCOCC3)cc2)cs1. The number of nitrogens with one attached hydrogen (secondary N) is 1. The van der Waals surface area contributed by atoms with Crippen LogP contribution in [0, 0.1) is 0 Å². The van der Waals surface area contributed by atoms with Gasteiger partial charge in [0, 0.05) is 29.1 Å². The summed E-state index contributed by atoms with van der Waals surface area (Å²) in [6.45, 7) is 3.06. The minimum Gasteiger partial charge on any atom is -0.479 e. The summed E-state index contributed by atoms with van der Waals surface area (Å²) >= 11 is 13.2. The molecule has 0 saturated carbocycles. The van der Waals surface area contributed by atoms with Crippen molar-refractivity contribution in [3.05, 3.63) is 57.9 Å². The Hall–Kier alpha value is -2.21. The van der Waals surface area contributed by atoms with Crippen molar-refractivity contribution in [2.45, 2.75) is 17.9 Å². The highest BCUT2D eigenvalue weighted by molar-refractivity contribution is 7.89. The highest BCUT2D eigenvalue weighted by Gasteiger charge is 2.26. The lowest BCUT2D eigenvalue weighted by Crippen LogP contribution is -2.40. The van der Waals surface area contributed by atoms with Crippen LogP contribution in [0.4, 0.5) is 5.13 Å². The van der Waals surface area contributed by atoms with Gasteiger partial charge < -0.3 is 9.47 Å². The van der Waals surface area contributed by atoms with Crippen LogP contribution in [0.3, 0.4) is 0 Å². The third kappa shape index (κ3) is 5.70. The van der Waals surface area contributed by atoms with Crippen molar-refractivity contribution >= 4 is 55.6 Å². The summed E-state index contributed by atoms with van der Waals surface area (Å²) in [4.78, 5) is 17.2. The van der Waals surface area contributed by atoms with Gasteiger partial charge in [0.2, 0.25) is 10.0 Å². The summed E-state index contributed by atoms with van der Waals surface area (Å²) < 4.78 is 37.8. The lowest BCUT2D eigenvalue weighted by atomic mass is 10.2. The van der Waals surface area contributed by atoms with Gasteiger partial charge in [-0.2, -0.15) is 4.31 Å². The maximum Gasteiger partial charge on any atom is 0.266 e. The predicted molar refractivity (Wildman–Crippen MR) is 132 cm³/mol. The molecule has 1 amide bonds. The van der Waals surface area contributed by atoms with Gasteiger partial charge in [-0.15, -0.1) is 11.3 Å². The first-order chi connectivity index (χ1) is 16.2. The molecule has 4 rings (SSSR count). The smallest absolute Gasteiger partial charge is 0.266 e. The second kappa shape index (κ2) is 10.6. The summed E-state index contributed by atoms with van der Waals surface area (Å²) in [5.41, 5.74) is 1.35. The molecule has 1 unspecified atom stereocenters. The zero-order valence-corrected chi connectivity index (χ0v) is 21.2. The molecule has 1 aromatic heterocycles. The Labute approximate surface area is 211 Å². The Morgan fingerprint density at radius 3 is 2.56 bits per heavy atom. The largest absolute Gasteiger partial charge is 0.479 e. The Morgan fingerprint density at radius 2 is 1.88 bits per heavy atom. The quantitative estimate of drug-likeness (QED) is 0.471. The van der Waals surface area contributed by atoms with Crippen LogP contribution in [0.25, 0.3) is 11.3 Å². The molecule has 12 heteroatoms. The van der Waals surface area contributed by atoms with E-state index in [-0.39, 0.29) is 10.8 Å². The van der Waals surface area contributed by atoms with Crippen LogP contribution in [-0.4, -0.2) is 56.0 Å². The summed E-state index contributed by atoms with van der Waals surface area (Å²) in [7, 11) is -3.56. The molecule has 8 nitrogen and oxygen atoms in total. The molecular formula is C22H21Cl2N3O5S2. The van der Waals surface area contributed by atoms with E-state index in [1.165, 1.54) is 21.7 Å². The number of halogens is 2. The van der Waals surface area contributed by atoms with Gasteiger partial charge in [0.05, 0.1) is 28.8 Å². The molecule has 3 aromatic rings. The Bertz CT molecular complexity index is 1280. The normalized spacial score (nSPS) is 15.6. The molecule has 0 spiro atoms. The zero-order chi connectivity index (χ0) is 24.3. The summed E-state index contributed by atoms with van der Waals surface area (Å²) in [6, 6.07) is 11.3. The fourth-order valence-electron chi connectivity index (χ4n) is 3.22. The van der Waals surface area contributed by atoms with Gasteiger partial charge in [-0.1, -0.05) is 35.3 Å². The number of carbonyl (C=O) groups is 1. The summed E-state index contributed by atoms with van der Waals surface area (Å²) in [5.74, 6) is -0.0421. The van der Waals surface area contributed by atoms with Gasteiger partial charge in [0.1, 0.15) is 5.75 Å². The number of ether oxygens (including phenoxy) is 2. The molecule has 0 radical (unpaired) electrons. The fraction of sp³-hybridized carbons (Fsp3) is 0.273. The van der Waals surface area contributed by atoms with E-state index in [1.807, 2.05) is 0 Å². The molecule has 1 N–H and O–H groups in total. The third-order valence-electron chi connectivity index (χ3n) is 5.06. The number of sulfonamides is 1. The molecule has 0 aliphatic carbocycles. The van der Waals surface area contributed by atoms with E-state index in [2.05, 4.69) is 10.3 Å². The van der Waals surface area contributed by atoms with Crippen molar-refractivity contribution in [2.24, 2.45) is 0 Å². The van der Waals surface area contributed by atoms with E-state index >= 15 is 0 Å².